The Morgan fingerprint density at radius 3 is 2.39 bits per heavy atom. The van der Waals surface area contributed by atoms with Crippen molar-refractivity contribution in [1.82, 2.24) is 30.3 Å². The van der Waals surface area contributed by atoms with Crippen molar-refractivity contribution in [3.8, 4) is 22.7 Å². The van der Waals surface area contributed by atoms with Gasteiger partial charge in [-0.3, -0.25) is 4.79 Å². The molecule has 1 amide bonds. The van der Waals surface area contributed by atoms with Crippen LogP contribution in [0.2, 0.25) is 0 Å². The van der Waals surface area contributed by atoms with Gasteiger partial charge in [-0.2, -0.15) is 0 Å². The van der Waals surface area contributed by atoms with Crippen molar-refractivity contribution in [3.05, 3.63) is 113 Å². The fourth-order valence-electron chi connectivity index (χ4n) is 5.34. The number of nitrogens with zero attached hydrogens (tertiary/aromatic N) is 6. The first kappa shape index (κ1) is 30.1. The molecule has 0 saturated carbocycles. The number of amides is 1. The predicted molar refractivity (Wildman–Crippen MR) is 176 cm³/mol. The van der Waals surface area contributed by atoms with Gasteiger partial charge in [-0.1, -0.05) is 42.5 Å². The average molecular weight is 615 g/mol. The summed E-state index contributed by atoms with van der Waals surface area (Å²) in [5, 5.41) is 30.5. The van der Waals surface area contributed by atoms with E-state index in [0.717, 1.165) is 38.7 Å². The number of carboxylic acid groups (broad SMARTS) is 1. The molecule has 6 rings (SSSR count). The van der Waals surface area contributed by atoms with Gasteiger partial charge >= 0.3 is 5.97 Å². The van der Waals surface area contributed by atoms with Crippen molar-refractivity contribution in [2.75, 3.05) is 33.1 Å². The van der Waals surface area contributed by atoms with E-state index in [2.05, 4.69) is 25.7 Å². The molecule has 0 radical (unpaired) electrons. The van der Waals surface area contributed by atoms with Crippen LogP contribution in [0.1, 0.15) is 11.1 Å². The number of rotatable bonds is 7. The van der Waals surface area contributed by atoms with Crippen LogP contribution in [0, 0.1) is 5.92 Å². The molecule has 11 nitrogen and oxygen atoms in total. The third-order valence-electron chi connectivity index (χ3n) is 7.84. The Labute approximate surface area is 264 Å². The number of carbonyl (C=O) groups excluding carboxylic acids is 1. The first-order chi connectivity index (χ1) is 22.2. The van der Waals surface area contributed by atoms with Crippen LogP contribution in [-0.4, -0.2) is 65.6 Å². The normalized spacial score (nSPS) is 14.4. The maximum atomic E-state index is 13.3. The molecule has 11 heteroatoms. The molecule has 0 saturated heterocycles. The highest BCUT2D eigenvalue weighted by Crippen LogP contribution is 2.40. The maximum absolute atomic E-state index is 13.3. The molecule has 1 aromatic heterocycles. The summed E-state index contributed by atoms with van der Waals surface area (Å²) in [4.78, 5) is 28.0. The van der Waals surface area contributed by atoms with Crippen LogP contribution in [0.3, 0.4) is 0 Å². The molecule has 3 aromatic rings. The number of hydrogen-bond acceptors (Lipinski definition) is 8. The Morgan fingerprint density at radius 2 is 1.70 bits per heavy atom. The van der Waals surface area contributed by atoms with Crippen LogP contribution >= 0.6 is 0 Å². The lowest BCUT2D eigenvalue weighted by atomic mass is 9.90. The second-order valence-electron chi connectivity index (χ2n) is 11.3. The maximum Gasteiger partial charge on any atom is 0.336 e. The van der Waals surface area contributed by atoms with Gasteiger partial charge in [-0.15, -0.1) is 20.4 Å². The summed E-state index contributed by atoms with van der Waals surface area (Å²) in [5.41, 5.74) is 5.26. The molecule has 1 atom stereocenters. The number of carbonyl (C=O) groups is 2. The third-order valence-corrected chi connectivity index (χ3v) is 7.84. The number of fused-ring (bicyclic) bond motifs is 2. The van der Waals surface area contributed by atoms with E-state index >= 15 is 0 Å². The minimum Gasteiger partial charge on any atom is -0.478 e. The van der Waals surface area contributed by atoms with Crippen LogP contribution in [0.25, 0.3) is 39.3 Å². The van der Waals surface area contributed by atoms with Gasteiger partial charge < -0.3 is 19.7 Å². The molecule has 1 unspecified atom stereocenters. The summed E-state index contributed by atoms with van der Waals surface area (Å²) in [6, 6.07) is 19.1. The molecule has 2 N–H and O–H groups in total. The molecule has 0 fully saturated rings. The highest BCUT2D eigenvalue weighted by atomic mass is 16.4. The Kier molecular flexibility index (Phi) is 8.21. The molecule has 3 aliphatic rings. The summed E-state index contributed by atoms with van der Waals surface area (Å²) < 4.78 is 8.39. The van der Waals surface area contributed by atoms with Crippen molar-refractivity contribution >= 4 is 34.1 Å². The Bertz CT molecular complexity index is 2090. The number of anilines is 1. The highest BCUT2D eigenvalue weighted by molar-refractivity contribution is 6.10. The molecule has 0 spiro atoms. The monoisotopic (exact) mass is 614 g/mol. The zero-order valence-corrected chi connectivity index (χ0v) is 25.8. The van der Waals surface area contributed by atoms with Gasteiger partial charge in [0.1, 0.15) is 25.4 Å². The van der Waals surface area contributed by atoms with Crippen molar-refractivity contribution in [3.63, 3.8) is 0 Å². The van der Waals surface area contributed by atoms with Crippen LogP contribution < -0.4 is 20.1 Å². The van der Waals surface area contributed by atoms with E-state index in [4.69, 9.17) is 4.42 Å². The molecule has 2 aliphatic carbocycles. The Morgan fingerprint density at radius 1 is 0.957 bits per heavy atom. The average Bonchev–Trinajstić information content (AvgIpc) is 3.29. The molecule has 1 aliphatic heterocycles. The summed E-state index contributed by atoms with van der Waals surface area (Å²) >= 11 is 0. The van der Waals surface area contributed by atoms with E-state index in [1.165, 1.54) is 12.4 Å². The lowest BCUT2D eigenvalue weighted by Gasteiger charge is -2.19. The lowest BCUT2D eigenvalue weighted by molar-refractivity contribution is -0.132. The van der Waals surface area contributed by atoms with Gasteiger partial charge in [0.2, 0.25) is 17.1 Å². The van der Waals surface area contributed by atoms with E-state index in [1.54, 1.807) is 18.2 Å². The SMILES string of the molecule is CN(C)c1ccc2c(C3=C(C(=O)O)C=CC(C(=O)NCc4ccc(-c5nncnn5)cc4)C=C3)c3ccc(=[N+](C)C)cc-3oc2c1. The first-order valence-electron chi connectivity index (χ1n) is 14.6. The zero-order chi connectivity index (χ0) is 32.4. The van der Waals surface area contributed by atoms with Gasteiger partial charge in [-0.25, -0.2) is 9.37 Å². The van der Waals surface area contributed by atoms with Crippen LogP contribution in [0.15, 0.2) is 101 Å². The number of aliphatic carboxylic acids is 1. The summed E-state index contributed by atoms with van der Waals surface area (Å²) in [6.07, 6.45) is 7.87. The fraction of sp³-hybridized carbons (Fsp3) is 0.171. The minimum atomic E-state index is -1.10. The summed E-state index contributed by atoms with van der Waals surface area (Å²) in [5.74, 6) is -1.01. The van der Waals surface area contributed by atoms with Gasteiger partial charge in [0.15, 0.2) is 6.33 Å². The number of carboxylic acids is 1. The van der Waals surface area contributed by atoms with Crippen molar-refractivity contribution in [2.45, 2.75) is 6.54 Å². The standard InChI is InChI=1S/C35H31N7O4/c1-41(2)24-11-15-28-30(17-24)46-31-18-25(42(3)4)12-16-29(31)32(28)26-13-9-23(10-14-27(26)35(44)45)34(43)36-19-21-5-7-22(8-6-21)33-39-37-20-38-40-33/h5-18,20,23H,19H2,1-4H3,(H-,36,43,44,45)/p+1. The van der Waals surface area contributed by atoms with Crippen LogP contribution in [-0.2, 0) is 16.1 Å². The molecule has 2 heterocycles. The Hall–Kier alpha value is -5.97. The second-order valence-corrected chi connectivity index (χ2v) is 11.3. The largest absolute Gasteiger partial charge is 0.478 e. The van der Waals surface area contributed by atoms with Gasteiger partial charge in [-0.05, 0) is 35.4 Å². The van der Waals surface area contributed by atoms with Gasteiger partial charge in [0.05, 0.1) is 17.6 Å². The first-order valence-corrected chi connectivity index (χ1v) is 14.6. The molecular weight excluding hydrogens is 582 g/mol. The van der Waals surface area contributed by atoms with Crippen LogP contribution in [0.5, 0.6) is 0 Å². The van der Waals surface area contributed by atoms with Crippen molar-refractivity contribution < 1.29 is 19.1 Å². The van der Waals surface area contributed by atoms with Gasteiger partial charge in [0, 0.05) is 60.5 Å². The smallest absolute Gasteiger partial charge is 0.336 e. The van der Waals surface area contributed by atoms with E-state index in [0.29, 0.717) is 22.7 Å². The molecule has 0 bridgehead atoms. The Balaban J connectivity index is 1.34. The van der Waals surface area contributed by atoms with E-state index < -0.39 is 11.9 Å². The van der Waals surface area contributed by atoms with Crippen molar-refractivity contribution in [1.29, 1.82) is 0 Å². The minimum absolute atomic E-state index is 0.0800. The number of aromatic nitrogens is 4. The number of hydrogen-bond donors (Lipinski definition) is 2. The number of nitrogens with one attached hydrogen (secondary N) is 1. The highest BCUT2D eigenvalue weighted by Gasteiger charge is 2.25. The fourth-order valence-corrected chi connectivity index (χ4v) is 5.34. The van der Waals surface area contributed by atoms with Crippen LogP contribution in [0.4, 0.5) is 5.69 Å². The quantitative estimate of drug-likeness (QED) is 0.207. The lowest BCUT2D eigenvalue weighted by Crippen LogP contribution is -2.28. The number of benzene rings is 3. The van der Waals surface area contributed by atoms with E-state index in [1.807, 2.05) is 98.3 Å². The zero-order valence-electron chi connectivity index (χ0n) is 25.8. The molecular formula is C35H32N7O4+. The molecule has 230 valence electrons. The topological polar surface area (TPSA) is 137 Å². The summed E-state index contributed by atoms with van der Waals surface area (Å²) in [7, 11) is 7.80. The second kappa shape index (κ2) is 12.6. The molecule has 46 heavy (non-hydrogen) atoms. The third kappa shape index (κ3) is 6.03. The summed E-state index contributed by atoms with van der Waals surface area (Å²) in [6.45, 7) is 0.285. The van der Waals surface area contributed by atoms with E-state index in [-0.39, 0.29) is 18.0 Å². The van der Waals surface area contributed by atoms with Gasteiger partial charge in [0.25, 0.3) is 0 Å². The predicted octanol–water partition coefficient (Wildman–Crippen LogP) is 3.78. The van der Waals surface area contributed by atoms with E-state index in [9.17, 15) is 14.7 Å². The van der Waals surface area contributed by atoms with Crippen molar-refractivity contribution in [2.24, 2.45) is 5.92 Å². The number of allylic oxidation sites excluding steroid dienone is 2. The molecule has 2 aromatic carbocycles.